The van der Waals surface area contributed by atoms with Gasteiger partial charge in [0.05, 0.1) is 0 Å². The molecule has 1 aliphatic rings. The molecule has 0 bridgehead atoms. The number of hydrogen-bond donors (Lipinski definition) is 1. The van der Waals surface area contributed by atoms with Gasteiger partial charge in [0.2, 0.25) is 5.91 Å². The summed E-state index contributed by atoms with van der Waals surface area (Å²) >= 11 is 1.46. The molecule has 1 aliphatic carbocycles. The van der Waals surface area contributed by atoms with Gasteiger partial charge in [-0.1, -0.05) is 49.0 Å². The Bertz CT molecular complexity index is 1270. The van der Waals surface area contributed by atoms with Crippen molar-refractivity contribution in [3.63, 3.8) is 0 Å². The van der Waals surface area contributed by atoms with E-state index in [0.29, 0.717) is 29.5 Å². The number of aromatic nitrogens is 4. The maximum absolute atomic E-state index is 12.8. The summed E-state index contributed by atoms with van der Waals surface area (Å²) in [5.41, 5.74) is 1.18. The molecule has 1 saturated carbocycles. The molecule has 1 fully saturated rings. The summed E-state index contributed by atoms with van der Waals surface area (Å²) in [6, 6.07) is 10.4. The van der Waals surface area contributed by atoms with Crippen LogP contribution in [0, 0.1) is 5.92 Å². The Morgan fingerprint density at radius 1 is 1.09 bits per heavy atom. The first-order valence-corrected chi connectivity index (χ1v) is 13.0. The zero-order valence-electron chi connectivity index (χ0n) is 20.1. The van der Waals surface area contributed by atoms with Crippen LogP contribution in [0.25, 0.3) is 11.2 Å². The van der Waals surface area contributed by atoms with Crippen molar-refractivity contribution in [2.24, 2.45) is 20.0 Å². The highest BCUT2D eigenvalue weighted by Crippen LogP contribution is 2.25. The van der Waals surface area contributed by atoms with Gasteiger partial charge in [0.15, 0.2) is 16.3 Å². The van der Waals surface area contributed by atoms with E-state index in [9.17, 15) is 14.4 Å². The standard InChI is InChI=1S/C25H33N5O3S/c1-17-9-11-19(12-10-17)26-20(31)14-16-34-24-27-21-22(28(2)25(33)29(3)23(21)32)30(24)15-13-18-7-5-4-6-8-18/h4-8,17,19H,9-16H2,1-3H3,(H,26,31). The molecule has 0 unspecified atom stereocenters. The van der Waals surface area contributed by atoms with E-state index in [1.165, 1.54) is 36.2 Å². The van der Waals surface area contributed by atoms with Crippen molar-refractivity contribution in [1.82, 2.24) is 24.0 Å². The molecule has 1 aromatic carbocycles. The van der Waals surface area contributed by atoms with E-state index in [1.807, 2.05) is 22.8 Å². The Hall–Kier alpha value is -2.81. The summed E-state index contributed by atoms with van der Waals surface area (Å²) < 4.78 is 4.51. The van der Waals surface area contributed by atoms with Gasteiger partial charge in [0, 0.05) is 38.9 Å². The van der Waals surface area contributed by atoms with E-state index in [0.717, 1.165) is 35.3 Å². The van der Waals surface area contributed by atoms with E-state index in [1.54, 1.807) is 7.05 Å². The highest BCUT2D eigenvalue weighted by atomic mass is 32.2. The third-order valence-corrected chi connectivity index (χ3v) is 7.69. The number of rotatable bonds is 8. The molecule has 8 nitrogen and oxygen atoms in total. The minimum absolute atomic E-state index is 0.0577. The van der Waals surface area contributed by atoms with Crippen LogP contribution in [-0.4, -0.2) is 36.4 Å². The second-order valence-corrected chi connectivity index (χ2v) is 10.3. The summed E-state index contributed by atoms with van der Waals surface area (Å²) in [6.45, 7) is 2.84. The average Bonchev–Trinajstić information content (AvgIpc) is 3.20. The van der Waals surface area contributed by atoms with Gasteiger partial charge in [-0.25, -0.2) is 9.78 Å². The number of benzene rings is 1. The lowest BCUT2D eigenvalue weighted by molar-refractivity contribution is -0.121. The minimum Gasteiger partial charge on any atom is -0.353 e. The zero-order chi connectivity index (χ0) is 24.2. The number of aryl methyl sites for hydroxylation is 3. The number of nitrogens with zero attached hydrogens (tertiary/aromatic N) is 4. The highest BCUT2D eigenvalue weighted by molar-refractivity contribution is 7.99. The van der Waals surface area contributed by atoms with Gasteiger partial charge >= 0.3 is 5.69 Å². The quantitative estimate of drug-likeness (QED) is 0.498. The normalized spacial score (nSPS) is 18.3. The Morgan fingerprint density at radius 3 is 2.50 bits per heavy atom. The molecule has 2 heterocycles. The molecule has 3 aromatic rings. The first kappa shape index (κ1) is 24.3. The van der Waals surface area contributed by atoms with Crippen LogP contribution in [0.5, 0.6) is 0 Å². The Labute approximate surface area is 203 Å². The van der Waals surface area contributed by atoms with Crippen LogP contribution >= 0.6 is 11.8 Å². The summed E-state index contributed by atoms with van der Waals surface area (Å²) in [6.07, 6.45) is 5.55. The number of fused-ring (bicyclic) bond motifs is 1. The monoisotopic (exact) mass is 483 g/mol. The van der Waals surface area contributed by atoms with Crippen LogP contribution in [0.2, 0.25) is 0 Å². The maximum atomic E-state index is 12.8. The van der Waals surface area contributed by atoms with Crippen molar-refractivity contribution in [3.05, 3.63) is 56.7 Å². The minimum atomic E-state index is -0.400. The Kier molecular flexibility index (Phi) is 7.60. The van der Waals surface area contributed by atoms with Gasteiger partial charge in [-0.3, -0.25) is 18.7 Å². The molecular weight excluding hydrogens is 450 g/mol. The molecule has 0 aliphatic heterocycles. The maximum Gasteiger partial charge on any atom is 0.332 e. The molecule has 1 N–H and O–H groups in total. The second-order valence-electron chi connectivity index (χ2n) is 9.28. The van der Waals surface area contributed by atoms with E-state index >= 15 is 0 Å². The van der Waals surface area contributed by atoms with E-state index in [2.05, 4.69) is 29.4 Å². The first-order chi connectivity index (χ1) is 16.3. The van der Waals surface area contributed by atoms with E-state index < -0.39 is 5.56 Å². The number of thioether (sulfide) groups is 1. The molecule has 34 heavy (non-hydrogen) atoms. The molecule has 2 aromatic heterocycles. The fourth-order valence-electron chi connectivity index (χ4n) is 4.61. The molecule has 0 radical (unpaired) electrons. The summed E-state index contributed by atoms with van der Waals surface area (Å²) in [7, 11) is 3.13. The fraction of sp³-hybridized carbons (Fsp3) is 0.520. The van der Waals surface area contributed by atoms with Crippen LogP contribution in [0.15, 0.2) is 45.1 Å². The lowest BCUT2D eigenvalue weighted by atomic mass is 9.87. The second kappa shape index (κ2) is 10.6. The van der Waals surface area contributed by atoms with Crippen LogP contribution in [0.1, 0.15) is 44.6 Å². The highest BCUT2D eigenvalue weighted by Gasteiger charge is 2.21. The zero-order valence-corrected chi connectivity index (χ0v) is 20.9. The number of hydrogen-bond acceptors (Lipinski definition) is 5. The van der Waals surface area contributed by atoms with Crippen molar-refractivity contribution in [3.8, 4) is 0 Å². The van der Waals surface area contributed by atoms with Gasteiger partial charge in [0.25, 0.3) is 5.56 Å². The lowest BCUT2D eigenvalue weighted by Crippen LogP contribution is -2.37. The predicted molar refractivity (Wildman–Crippen MR) is 135 cm³/mol. The van der Waals surface area contributed by atoms with Crippen molar-refractivity contribution in [2.75, 3.05) is 5.75 Å². The van der Waals surface area contributed by atoms with Gasteiger partial charge < -0.3 is 9.88 Å². The molecule has 4 rings (SSSR count). The summed E-state index contributed by atoms with van der Waals surface area (Å²) in [5, 5.41) is 3.82. The molecule has 9 heteroatoms. The SMILES string of the molecule is CC1CCC(NC(=O)CCSc2nc3c(=O)n(C)c(=O)n(C)c3n2CCc2ccccc2)CC1. The lowest BCUT2D eigenvalue weighted by Gasteiger charge is -2.26. The van der Waals surface area contributed by atoms with Crippen molar-refractivity contribution in [2.45, 2.75) is 63.2 Å². The van der Waals surface area contributed by atoms with Gasteiger partial charge in [0.1, 0.15) is 0 Å². The molecule has 182 valence electrons. The smallest absolute Gasteiger partial charge is 0.332 e. The molecule has 1 amide bonds. The van der Waals surface area contributed by atoms with E-state index in [-0.39, 0.29) is 23.2 Å². The predicted octanol–water partition coefficient (Wildman–Crippen LogP) is 2.85. The Morgan fingerprint density at radius 2 is 1.79 bits per heavy atom. The Balaban J connectivity index is 1.51. The van der Waals surface area contributed by atoms with Crippen molar-refractivity contribution < 1.29 is 4.79 Å². The third kappa shape index (κ3) is 5.29. The fourth-order valence-corrected chi connectivity index (χ4v) is 5.57. The van der Waals surface area contributed by atoms with Crippen LogP contribution in [0.3, 0.4) is 0 Å². The van der Waals surface area contributed by atoms with Crippen LogP contribution in [0.4, 0.5) is 0 Å². The number of amides is 1. The summed E-state index contributed by atoms with van der Waals surface area (Å²) in [5.74, 6) is 1.36. The molecule has 0 saturated heterocycles. The largest absolute Gasteiger partial charge is 0.353 e. The molecule has 0 atom stereocenters. The third-order valence-electron chi connectivity index (χ3n) is 6.71. The topological polar surface area (TPSA) is 90.9 Å². The molecular formula is C25H33N5O3S. The summed E-state index contributed by atoms with van der Waals surface area (Å²) in [4.78, 5) is 42.5. The van der Waals surface area contributed by atoms with Crippen molar-refractivity contribution >= 4 is 28.8 Å². The van der Waals surface area contributed by atoms with Crippen LogP contribution in [-0.2, 0) is 31.9 Å². The van der Waals surface area contributed by atoms with Crippen molar-refractivity contribution in [1.29, 1.82) is 0 Å². The van der Waals surface area contributed by atoms with Gasteiger partial charge in [-0.2, -0.15) is 0 Å². The van der Waals surface area contributed by atoms with Gasteiger partial charge in [-0.15, -0.1) is 0 Å². The van der Waals surface area contributed by atoms with Crippen LogP contribution < -0.4 is 16.6 Å². The number of carbonyl (C=O) groups is 1. The van der Waals surface area contributed by atoms with Gasteiger partial charge in [-0.05, 0) is 43.6 Å². The van der Waals surface area contributed by atoms with E-state index in [4.69, 9.17) is 0 Å². The number of carbonyl (C=O) groups excluding carboxylic acids is 1. The molecule has 0 spiro atoms. The number of imidazole rings is 1. The number of nitrogens with one attached hydrogen (secondary N) is 1. The average molecular weight is 484 g/mol. The first-order valence-electron chi connectivity index (χ1n) is 12.0.